The average Bonchev–Trinajstić information content (AvgIpc) is 2.35. The van der Waals surface area contributed by atoms with Crippen molar-refractivity contribution in [2.45, 2.75) is 33.2 Å². The van der Waals surface area contributed by atoms with Crippen molar-refractivity contribution in [2.24, 2.45) is 0 Å². The van der Waals surface area contributed by atoms with Crippen molar-refractivity contribution in [1.29, 1.82) is 0 Å². The predicted molar refractivity (Wildman–Crippen MR) is 66.6 cm³/mol. The van der Waals surface area contributed by atoms with E-state index in [1.54, 1.807) is 25.8 Å². The summed E-state index contributed by atoms with van der Waals surface area (Å²) in [7, 11) is 1.66. The van der Waals surface area contributed by atoms with Crippen LogP contribution in [0.1, 0.15) is 27.7 Å². The van der Waals surface area contributed by atoms with Crippen LogP contribution in [-0.4, -0.2) is 49.4 Å². The first kappa shape index (κ1) is 16.7. The van der Waals surface area contributed by atoms with Gasteiger partial charge in [-0.05, 0) is 34.7 Å². The van der Waals surface area contributed by atoms with Gasteiger partial charge in [0.25, 0.3) is 0 Å². The molecule has 0 aromatic carbocycles. The summed E-state index contributed by atoms with van der Waals surface area (Å²) in [4.78, 5) is 29.3. The van der Waals surface area contributed by atoms with Crippen molar-refractivity contribution in [2.75, 3.05) is 26.9 Å². The van der Waals surface area contributed by atoms with Gasteiger partial charge in [0.2, 0.25) is 6.79 Å². The van der Waals surface area contributed by atoms with Crippen LogP contribution in [0.15, 0.2) is 0 Å². The highest BCUT2D eigenvalue weighted by Crippen LogP contribution is 2.03. The third kappa shape index (κ3) is 5.33. The number of urea groups is 1. The van der Waals surface area contributed by atoms with Crippen LogP contribution in [0.3, 0.4) is 0 Å². The second kappa shape index (κ2) is 7.88. The molecule has 0 saturated heterocycles. The van der Waals surface area contributed by atoms with Crippen molar-refractivity contribution in [3.05, 3.63) is 0 Å². The van der Waals surface area contributed by atoms with Crippen molar-refractivity contribution in [1.82, 2.24) is 15.7 Å². The molecule has 0 bridgehead atoms. The zero-order valence-electron chi connectivity index (χ0n) is 11.7. The van der Waals surface area contributed by atoms with Gasteiger partial charge in [-0.25, -0.2) is 19.9 Å². The fraction of sp³-hybridized carbons (Fsp3) is 0.818. The molecule has 0 radical (unpaired) electrons. The summed E-state index contributed by atoms with van der Waals surface area (Å²) in [6.45, 7) is 7.93. The molecule has 0 aromatic rings. The molecule has 7 heteroatoms. The van der Waals surface area contributed by atoms with Crippen LogP contribution in [0.2, 0.25) is 0 Å². The largest absolute Gasteiger partial charge is 0.435 e. The van der Waals surface area contributed by atoms with Gasteiger partial charge in [0, 0.05) is 13.1 Å². The van der Waals surface area contributed by atoms with E-state index in [1.165, 1.54) is 0 Å². The van der Waals surface area contributed by atoms with Gasteiger partial charge in [0.05, 0.1) is 0 Å². The lowest BCUT2D eigenvalue weighted by atomic mass is 10.1. The number of hydrogen-bond donors (Lipinski definition) is 2. The number of esters is 1. The van der Waals surface area contributed by atoms with E-state index in [2.05, 4.69) is 10.8 Å². The number of amides is 2. The first-order valence-corrected chi connectivity index (χ1v) is 5.91. The van der Waals surface area contributed by atoms with Gasteiger partial charge >= 0.3 is 12.0 Å². The Bertz CT molecular complexity index is 277. The lowest BCUT2D eigenvalue weighted by molar-refractivity contribution is -0.167. The summed E-state index contributed by atoms with van der Waals surface area (Å²) in [5.74, 6) is -0.456. The smallest absolute Gasteiger partial charge is 0.341 e. The molecule has 0 fully saturated rings. The third-order valence-electron chi connectivity index (χ3n) is 2.59. The Hall–Kier alpha value is -1.34. The Morgan fingerprint density at radius 3 is 2.22 bits per heavy atom. The molecule has 0 rings (SSSR count). The highest BCUT2D eigenvalue weighted by molar-refractivity contribution is 5.79. The molecule has 7 nitrogen and oxygen atoms in total. The number of ether oxygens (including phenoxy) is 1. The average molecular weight is 261 g/mol. The van der Waals surface area contributed by atoms with Gasteiger partial charge in [-0.15, -0.1) is 0 Å². The number of nitrogens with one attached hydrogen (secondary N) is 2. The van der Waals surface area contributed by atoms with Gasteiger partial charge in [0.1, 0.15) is 5.54 Å². The second-order valence-corrected chi connectivity index (χ2v) is 4.15. The normalized spacial score (nSPS) is 10.9. The molecule has 0 spiro atoms. The highest BCUT2D eigenvalue weighted by Gasteiger charge is 2.27. The van der Waals surface area contributed by atoms with Gasteiger partial charge < -0.3 is 15.0 Å². The molecule has 106 valence electrons. The molecule has 0 heterocycles. The maximum Gasteiger partial charge on any atom is 0.341 e. The van der Waals surface area contributed by atoms with E-state index >= 15 is 0 Å². The standard InChI is InChI=1S/C11H23N3O4/c1-6-14(7-2)10(16)13-18-8-17-9(15)11(3,4)12-5/h12H,6-8H2,1-5H3,(H,13,16). The van der Waals surface area contributed by atoms with Gasteiger partial charge in [-0.2, -0.15) is 0 Å². The molecule has 0 aliphatic carbocycles. The van der Waals surface area contributed by atoms with Gasteiger partial charge in [0.15, 0.2) is 0 Å². The molecule has 2 amide bonds. The van der Waals surface area contributed by atoms with Crippen molar-refractivity contribution in [3.63, 3.8) is 0 Å². The van der Waals surface area contributed by atoms with Gasteiger partial charge in [-0.3, -0.25) is 0 Å². The van der Waals surface area contributed by atoms with E-state index in [-0.39, 0.29) is 12.8 Å². The Balaban J connectivity index is 3.87. The number of likely N-dealkylation sites (N-methyl/N-ethyl adjacent to an activating group) is 1. The van der Waals surface area contributed by atoms with E-state index in [0.717, 1.165) is 0 Å². The fourth-order valence-corrected chi connectivity index (χ4v) is 1.03. The number of carbonyl (C=O) groups excluding carboxylic acids is 2. The molecule has 0 atom stereocenters. The topological polar surface area (TPSA) is 79.9 Å². The minimum Gasteiger partial charge on any atom is -0.435 e. The van der Waals surface area contributed by atoms with E-state index in [0.29, 0.717) is 13.1 Å². The van der Waals surface area contributed by atoms with E-state index in [9.17, 15) is 9.59 Å². The number of rotatable bonds is 7. The number of hydroxylamine groups is 1. The van der Waals surface area contributed by atoms with Crippen LogP contribution in [0.4, 0.5) is 4.79 Å². The Kier molecular flexibility index (Phi) is 7.30. The summed E-state index contributed by atoms with van der Waals surface area (Å²) in [6.07, 6.45) is 0. The number of nitrogens with zero attached hydrogens (tertiary/aromatic N) is 1. The second-order valence-electron chi connectivity index (χ2n) is 4.15. The van der Waals surface area contributed by atoms with Crippen molar-refractivity contribution >= 4 is 12.0 Å². The van der Waals surface area contributed by atoms with Crippen molar-refractivity contribution < 1.29 is 19.2 Å². The molecule has 0 unspecified atom stereocenters. The van der Waals surface area contributed by atoms with Crippen LogP contribution in [0, 0.1) is 0 Å². The third-order valence-corrected chi connectivity index (χ3v) is 2.59. The molecule has 0 saturated carbocycles. The summed E-state index contributed by atoms with van der Waals surface area (Å²) in [6, 6.07) is -0.357. The van der Waals surface area contributed by atoms with Crippen LogP contribution in [0.5, 0.6) is 0 Å². The lowest BCUT2D eigenvalue weighted by Gasteiger charge is -2.22. The maximum atomic E-state index is 11.5. The van der Waals surface area contributed by atoms with Crippen LogP contribution < -0.4 is 10.8 Å². The predicted octanol–water partition coefficient (Wildman–Crippen LogP) is 0.468. The zero-order valence-corrected chi connectivity index (χ0v) is 11.7. The molecule has 0 aliphatic rings. The van der Waals surface area contributed by atoms with Crippen LogP contribution >= 0.6 is 0 Å². The Morgan fingerprint density at radius 2 is 1.78 bits per heavy atom. The molecule has 18 heavy (non-hydrogen) atoms. The quantitative estimate of drug-likeness (QED) is 0.301. The monoisotopic (exact) mass is 261 g/mol. The van der Waals surface area contributed by atoms with Crippen LogP contribution in [-0.2, 0) is 14.4 Å². The van der Waals surface area contributed by atoms with Gasteiger partial charge in [-0.1, -0.05) is 0 Å². The van der Waals surface area contributed by atoms with E-state index in [1.807, 2.05) is 13.8 Å². The summed E-state index contributed by atoms with van der Waals surface area (Å²) < 4.78 is 4.84. The Morgan fingerprint density at radius 1 is 1.22 bits per heavy atom. The van der Waals surface area contributed by atoms with E-state index in [4.69, 9.17) is 9.57 Å². The minimum absolute atomic E-state index is 0.322. The molecular weight excluding hydrogens is 238 g/mol. The zero-order chi connectivity index (χ0) is 14.2. The lowest BCUT2D eigenvalue weighted by Crippen LogP contribution is -2.46. The number of hydrogen-bond acceptors (Lipinski definition) is 5. The highest BCUT2D eigenvalue weighted by atomic mass is 16.8. The Labute approximate surface area is 108 Å². The van der Waals surface area contributed by atoms with Crippen LogP contribution in [0.25, 0.3) is 0 Å². The fourth-order valence-electron chi connectivity index (χ4n) is 1.03. The summed E-state index contributed by atoms with van der Waals surface area (Å²) in [5.41, 5.74) is 1.41. The summed E-state index contributed by atoms with van der Waals surface area (Å²) in [5, 5.41) is 2.80. The van der Waals surface area contributed by atoms with E-state index < -0.39 is 11.5 Å². The SMILES string of the molecule is CCN(CC)C(=O)NOCOC(=O)C(C)(C)NC. The number of carbonyl (C=O) groups is 2. The molecular formula is C11H23N3O4. The van der Waals surface area contributed by atoms with Crippen molar-refractivity contribution in [3.8, 4) is 0 Å². The molecule has 0 aliphatic heterocycles. The maximum absolute atomic E-state index is 11.5. The molecule has 0 aromatic heterocycles. The first-order valence-electron chi connectivity index (χ1n) is 5.91. The first-order chi connectivity index (χ1) is 8.38. The minimum atomic E-state index is -0.785. The molecule has 2 N–H and O–H groups in total. The summed E-state index contributed by atoms with van der Waals surface area (Å²) >= 11 is 0.